The highest BCUT2D eigenvalue weighted by Crippen LogP contribution is 2.36. The van der Waals surface area contributed by atoms with E-state index in [9.17, 15) is 4.39 Å². The second-order valence-corrected chi connectivity index (χ2v) is 7.16. The molecule has 1 unspecified atom stereocenters. The van der Waals surface area contributed by atoms with Crippen LogP contribution in [-0.4, -0.2) is 35.4 Å². The Morgan fingerprint density at radius 1 is 1.27 bits per heavy atom. The van der Waals surface area contributed by atoms with Gasteiger partial charge in [0.2, 0.25) is 0 Å². The van der Waals surface area contributed by atoms with Crippen molar-refractivity contribution in [2.24, 2.45) is 0 Å². The number of rotatable bonds is 6. The SMILES string of the molecule is CC(Oc1cc(-c2cnn(Cc3nn[nH]n3)c2)cnc1N)c1c(Cl)ccc(F)c1Cl. The average molecular weight is 449 g/mol. The van der Waals surface area contributed by atoms with Crippen LogP contribution in [0.4, 0.5) is 10.2 Å². The van der Waals surface area contributed by atoms with E-state index in [2.05, 4.69) is 30.7 Å². The van der Waals surface area contributed by atoms with Crippen molar-refractivity contribution in [3.8, 4) is 16.9 Å². The number of benzene rings is 1. The first-order valence-corrected chi connectivity index (χ1v) is 9.48. The zero-order valence-corrected chi connectivity index (χ0v) is 17.1. The first-order valence-electron chi connectivity index (χ1n) is 8.73. The number of nitrogens with one attached hydrogen (secondary N) is 1. The van der Waals surface area contributed by atoms with Crippen molar-refractivity contribution >= 4 is 29.0 Å². The van der Waals surface area contributed by atoms with Gasteiger partial charge in [0.25, 0.3) is 0 Å². The Morgan fingerprint density at radius 2 is 2.10 bits per heavy atom. The molecule has 1 aromatic carbocycles. The highest BCUT2D eigenvalue weighted by molar-refractivity contribution is 6.36. The molecule has 3 N–H and O–H groups in total. The van der Waals surface area contributed by atoms with Gasteiger partial charge in [-0.05, 0) is 25.1 Å². The molecule has 0 saturated carbocycles. The van der Waals surface area contributed by atoms with Gasteiger partial charge in [-0.3, -0.25) is 4.68 Å². The number of hydrogen-bond acceptors (Lipinski definition) is 7. The van der Waals surface area contributed by atoms with Crippen LogP contribution < -0.4 is 10.5 Å². The van der Waals surface area contributed by atoms with Crippen molar-refractivity contribution in [2.45, 2.75) is 19.6 Å². The lowest BCUT2D eigenvalue weighted by Gasteiger charge is -2.19. The smallest absolute Gasteiger partial charge is 0.195 e. The Morgan fingerprint density at radius 3 is 2.87 bits per heavy atom. The standard InChI is InChI=1S/C18H15Cl2FN8O/c1-9(16-12(19)2-3-13(21)17(16)20)30-14-4-10(5-23-18(14)22)11-6-24-29(7-11)8-15-25-27-28-26-15/h2-7,9H,8H2,1H3,(H2,22,23)(H,25,26,27,28). The third kappa shape index (κ3) is 4.05. The van der Waals surface area contributed by atoms with Gasteiger partial charge in [0, 0.05) is 34.1 Å². The van der Waals surface area contributed by atoms with E-state index in [0.717, 1.165) is 11.1 Å². The van der Waals surface area contributed by atoms with Crippen molar-refractivity contribution in [3.05, 3.63) is 64.0 Å². The quantitative estimate of drug-likeness (QED) is 0.431. The summed E-state index contributed by atoms with van der Waals surface area (Å²) in [6.45, 7) is 2.05. The molecule has 4 aromatic rings. The fourth-order valence-corrected chi connectivity index (χ4v) is 3.54. The molecule has 0 bridgehead atoms. The second-order valence-electron chi connectivity index (χ2n) is 6.38. The van der Waals surface area contributed by atoms with Crippen LogP contribution in [0.1, 0.15) is 24.4 Å². The lowest BCUT2D eigenvalue weighted by molar-refractivity contribution is 0.227. The predicted molar refractivity (Wildman–Crippen MR) is 109 cm³/mol. The van der Waals surface area contributed by atoms with Crippen LogP contribution in [0.2, 0.25) is 10.0 Å². The fraction of sp³-hybridized carbons (Fsp3) is 0.167. The van der Waals surface area contributed by atoms with Gasteiger partial charge in [-0.1, -0.05) is 28.4 Å². The molecule has 0 spiro atoms. The minimum Gasteiger partial charge on any atom is -0.482 e. The minimum absolute atomic E-state index is 0.0968. The second kappa shape index (κ2) is 8.25. The lowest BCUT2D eigenvalue weighted by atomic mass is 10.1. The molecule has 1 atom stereocenters. The van der Waals surface area contributed by atoms with Gasteiger partial charge < -0.3 is 10.5 Å². The fourth-order valence-electron chi connectivity index (χ4n) is 2.87. The third-order valence-electron chi connectivity index (χ3n) is 4.33. The van der Waals surface area contributed by atoms with Gasteiger partial charge in [-0.25, -0.2) is 9.37 Å². The van der Waals surface area contributed by atoms with Gasteiger partial charge >= 0.3 is 0 Å². The van der Waals surface area contributed by atoms with E-state index < -0.39 is 11.9 Å². The molecule has 154 valence electrons. The van der Waals surface area contributed by atoms with Gasteiger partial charge in [-0.15, -0.1) is 10.2 Å². The average Bonchev–Trinajstić information content (AvgIpc) is 3.39. The number of nitrogen functional groups attached to an aromatic ring is 1. The molecule has 30 heavy (non-hydrogen) atoms. The Kier molecular flexibility index (Phi) is 5.51. The van der Waals surface area contributed by atoms with Crippen LogP contribution in [0.3, 0.4) is 0 Å². The summed E-state index contributed by atoms with van der Waals surface area (Å²) in [5.41, 5.74) is 7.81. The van der Waals surface area contributed by atoms with E-state index in [4.69, 9.17) is 33.7 Å². The first-order chi connectivity index (χ1) is 14.4. The highest BCUT2D eigenvalue weighted by atomic mass is 35.5. The number of hydrogen-bond donors (Lipinski definition) is 2. The molecule has 0 amide bonds. The Labute approximate surface area is 180 Å². The molecule has 0 fully saturated rings. The van der Waals surface area contributed by atoms with Crippen molar-refractivity contribution in [3.63, 3.8) is 0 Å². The van der Waals surface area contributed by atoms with E-state index in [0.29, 0.717) is 28.7 Å². The summed E-state index contributed by atoms with van der Waals surface area (Å²) in [4.78, 5) is 4.19. The Bertz CT molecular complexity index is 1180. The van der Waals surface area contributed by atoms with Crippen molar-refractivity contribution in [1.29, 1.82) is 0 Å². The number of pyridine rings is 1. The molecule has 0 aliphatic heterocycles. The van der Waals surface area contributed by atoms with Crippen molar-refractivity contribution in [1.82, 2.24) is 35.4 Å². The van der Waals surface area contributed by atoms with Gasteiger partial charge in [0.15, 0.2) is 17.4 Å². The molecule has 0 saturated heterocycles. The highest BCUT2D eigenvalue weighted by Gasteiger charge is 2.20. The zero-order chi connectivity index (χ0) is 21.3. The topological polar surface area (TPSA) is 120 Å². The molecule has 0 aliphatic rings. The van der Waals surface area contributed by atoms with E-state index in [1.165, 1.54) is 12.1 Å². The molecule has 3 aromatic heterocycles. The maximum Gasteiger partial charge on any atom is 0.195 e. The monoisotopic (exact) mass is 448 g/mol. The zero-order valence-electron chi connectivity index (χ0n) is 15.6. The third-order valence-corrected chi connectivity index (χ3v) is 5.04. The summed E-state index contributed by atoms with van der Waals surface area (Å²) >= 11 is 12.3. The molecule has 0 radical (unpaired) electrons. The summed E-state index contributed by atoms with van der Waals surface area (Å²) in [6.07, 6.45) is 4.41. The summed E-state index contributed by atoms with van der Waals surface area (Å²) in [5, 5.41) is 18.2. The summed E-state index contributed by atoms with van der Waals surface area (Å²) in [5.74, 6) is 0.401. The van der Waals surface area contributed by atoms with Gasteiger partial charge in [0.1, 0.15) is 18.5 Å². The Balaban J connectivity index is 1.58. The summed E-state index contributed by atoms with van der Waals surface area (Å²) in [6, 6.07) is 4.34. The number of ether oxygens (including phenoxy) is 1. The maximum absolute atomic E-state index is 13.9. The molecule has 12 heteroatoms. The molecule has 4 rings (SSSR count). The number of nitrogens with two attached hydrogens (primary N) is 1. The first kappa shape index (κ1) is 20.0. The van der Waals surface area contributed by atoms with Crippen LogP contribution in [0, 0.1) is 5.82 Å². The predicted octanol–water partition coefficient (Wildman–Crippen LogP) is 3.67. The number of tetrazole rings is 1. The number of anilines is 1. The summed E-state index contributed by atoms with van der Waals surface area (Å²) in [7, 11) is 0. The number of halogens is 3. The van der Waals surface area contributed by atoms with Crippen LogP contribution in [-0.2, 0) is 6.54 Å². The number of aromatic amines is 1. The van der Waals surface area contributed by atoms with E-state index in [-0.39, 0.29) is 10.8 Å². The molecule has 0 aliphatic carbocycles. The minimum atomic E-state index is -0.666. The van der Waals surface area contributed by atoms with Crippen LogP contribution in [0.25, 0.3) is 11.1 Å². The van der Waals surface area contributed by atoms with Crippen molar-refractivity contribution < 1.29 is 9.13 Å². The number of nitrogens with zero attached hydrogens (tertiary/aromatic N) is 6. The van der Waals surface area contributed by atoms with Crippen LogP contribution in [0.5, 0.6) is 5.75 Å². The van der Waals surface area contributed by atoms with Crippen molar-refractivity contribution in [2.75, 3.05) is 5.73 Å². The van der Waals surface area contributed by atoms with E-state index in [1.54, 1.807) is 36.3 Å². The van der Waals surface area contributed by atoms with Gasteiger partial charge in [-0.2, -0.15) is 10.3 Å². The number of H-pyrrole nitrogens is 1. The Hall–Kier alpha value is -3.24. The molecule has 3 heterocycles. The molecular formula is C18H15Cl2FN8O. The normalized spacial score (nSPS) is 12.1. The van der Waals surface area contributed by atoms with E-state index >= 15 is 0 Å². The number of aromatic nitrogens is 7. The molecule has 9 nitrogen and oxygen atoms in total. The maximum atomic E-state index is 13.9. The van der Waals surface area contributed by atoms with E-state index in [1.807, 2.05) is 0 Å². The lowest BCUT2D eigenvalue weighted by Crippen LogP contribution is -2.08. The largest absolute Gasteiger partial charge is 0.482 e. The van der Waals surface area contributed by atoms with Crippen LogP contribution in [0.15, 0.2) is 36.8 Å². The summed E-state index contributed by atoms with van der Waals surface area (Å²) < 4.78 is 21.4. The van der Waals surface area contributed by atoms with Gasteiger partial charge in [0.05, 0.1) is 11.2 Å². The van der Waals surface area contributed by atoms with Crippen LogP contribution >= 0.6 is 23.2 Å². The molecular weight excluding hydrogens is 434 g/mol.